The SMILES string of the molecule is Cc1ccc(S(=O)(=O)N2CCN(C(=O)[C@@H]3CC(=O)Nc4ccccc43)CC2)c(C)c1. The van der Waals surface area contributed by atoms with Crippen LogP contribution in [0.2, 0.25) is 0 Å². The molecule has 158 valence electrons. The van der Waals surface area contributed by atoms with Crippen LogP contribution in [0.1, 0.15) is 29.0 Å². The van der Waals surface area contributed by atoms with E-state index >= 15 is 0 Å². The molecule has 2 amide bonds. The number of benzene rings is 2. The zero-order valence-corrected chi connectivity index (χ0v) is 17.9. The van der Waals surface area contributed by atoms with Gasteiger partial charge in [0.25, 0.3) is 0 Å². The molecule has 1 atom stereocenters. The average molecular weight is 428 g/mol. The predicted octanol–water partition coefficient (Wildman–Crippen LogP) is 2.26. The number of carbonyl (C=O) groups excluding carboxylic acids is 2. The third kappa shape index (κ3) is 3.73. The largest absolute Gasteiger partial charge is 0.340 e. The van der Waals surface area contributed by atoms with E-state index in [0.29, 0.717) is 23.7 Å². The van der Waals surface area contributed by atoms with Crippen molar-refractivity contribution in [3.8, 4) is 0 Å². The Morgan fingerprint density at radius 1 is 1.03 bits per heavy atom. The van der Waals surface area contributed by atoms with Crippen molar-refractivity contribution in [2.24, 2.45) is 0 Å². The molecular weight excluding hydrogens is 402 g/mol. The topological polar surface area (TPSA) is 86.8 Å². The number of hydrogen-bond acceptors (Lipinski definition) is 4. The highest BCUT2D eigenvalue weighted by Gasteiger charge is 2.36. The van der Waals surface area contributed by atoms with Crippen molar-refractivity contribution in [3.63, 3.8) is 0 Å². The summed E-state index contributed by atoms with van der Waals surface area (Å²) >= 11 is 0. The van der Waals surface area contributed by atoms with Crippen LogP contribution >= 0.6 is 0 Å². The van der Waals surface area contributed by atoms with E-state index in [1.807, 2.05) is 31.2 Å². The van der Waals surface area contributed by atoms with E-state index in [-0.39, 0.29) is 31.3 Å². The molecule has 2 aliphatic heterocycles. The lowest BCUT2D eigenvalue weighted by atomic mass is 9.89. The van der Waals surface area contributed by atoms with Crippen LogP contribution < -0.4 is 5.32 Å². The fourth-order valence-corrected chi connectivity index (χ4v) is 5.86. The first-order chi connectivity index (χ1) is 14.3. The van der Waals surface area contributed by atoms with Crippen LogP contribution in [-0.4, -0.2) is 55.6 Å². The maximum absolute atomic E-state index is 13.2. The Morgan fingerprint density at radius 3 is 2.43 bits per heavy atom. The highest BCUT2D eigenvalue weighted by molar-refractivity contribution is 7.89. The van der Waals surface area contributed by atoms with Crippen molar-refractivity contribution in [1.82, 2.24) is 9.21 Å². The number of nitrogens with one attached hydrogen (secondary N) is 1. The molecule has 0 saturated carbocycles. The van der Waals surface area contributed by atoms with Crippen LogP contribution in [0.4, 0.5) is 5.69 Å². The Morgan fingerprint density at radius 2 is 1.73 bits per heavy atom. The summed E-state index contributed by atoms with van der Waals surface area (Å²) in [5.41, 5.74) is 3.22. The third-order valence-electron chi connectivity index (χ3n) is 5.80. The summed E-state index contributed by atoms with van der Waals surface area (Å²) in [6.45, 7) is 4.82. The Balaban J connectivity index is 1.48. The smallest absolute Gasteiger partial charge is 0.243 e. The molecule has 0 radical (unpaired) electrons. The van der Waals surface area contributed by atoms with Crippen LogP contribution in [0.5, 0.6) is 0 Å². The standard InChI is InChI=1S/C22H25N3O4S/c1-15-7-8-20(16(2)13-15)30(28,29)25-11-9-24(10-12-25)22(27)18-14-21(26)23-19-6-4-3-5-17(18)19/h3-8,13,18H,9-12,14H2,1-2H3,(H,23,26)/t18-/m1/s1. The number of sulfonamides is 1. The number of carbonyl (C=O) groups is 2. The molecule has 2 aliphatic rings. The first-order valence-corrected chi connectivity index (χ1v) is 11.5. The molecule has 1 N–H and O–H groups in total. The number of para-hydroxylation sites is 1. The van der Waals surface area contributed by atoms with E-state index in [4.69, 9.17) is 0 Å². The van der Waals surface area contributed by atoms with Gasteiger partial charge in [-0.25, -0.2) is 8.42 Å². The summed E-state index contributed by atoms with van der Waals surface area (Å²) in [5, 5.41) is 2.80. The van der Waals surface area contributed by atoms with Gasteiger partial charge in [0.15, 0.2) is 0 Å². The lowest BCUT2D eigenvalue weighted by Gasteiger charge is -2.37. The van der Waals surface area contributed by atoms with Gasteiger partial charge >= 0.3 is 0 Å². The number of anilines is 1. The van der Waals surface area contributed by atoms with Crippen LogP contribution in [0.3, 0.4) is 0 Å². The lowest BCUT2D eigenvalue weighted by Crippen LogP contribution is -2.52. The van der Waals surface area contributed by atoms with Crippen LogP contribution in [0.25, 0.3) is 0 Å². The molecule has 0 spiro atoms. The molecule has 2 aromatic rings. The Labute approximate surface area is 176 Å². The fourth-order valence-electron chi connectivity index (χ4n) is 4.23. The molecule has 4 rings (SSSR count). The van der Waals surface area contributed by atoms with Crippen molar-refractivity contribution < 1.29 is 18.0 Å². The number of amides is 2. The van der Waals surface area contributed by atoms with Gasteiger partial charge in [-0.2, -0.15) is 4.31 Å². The van der Waals surface area contributed by atoms with Crippen LogP contribution in [0, 0.1) is 13.8 Å². The van der Waals surface area contributed by atoms with Crippen molar-refractivity contribution >= 4 is 27.5 Å². The number of fused-ring (bicyclic) bond motifs is 1. The monoisotopic (exact) mass is 427 g/mol. The van der Waals surface area contributed by atoms with Crippen LogP contribution in [0.15, 0.2) is 47.4 Å². The lowest BCUT2D eigenvalue weighted by molar-refractivity contribution is -0.136. The zero-order valence-electron chi connectivity index (χ0n) is 17.1. The summed E-state index contributed by atoms with van der Waals surface area (Å²) in [4.78, 5) is 27.2. The summed E-state index contributed by atoms with van der Waals surface area (Å²) in [6, 6.07) is 12.6. The Kier molecular flexibility index (Phi) is 5.38. The summed E-state index contributed by atoms with van der Waals surface area (Å²) in [5.74, 6) is -0.832. The van der Waals surface area contributed by atoms with Gasteiger partial charge in [0.05, 0.1) is 10.8 Å². The first-order valence-electron chi connectivity index (χ1n) is 10.0. The molecule has 2 heterocycles. The molecule has 2 aromatic carbocycles. The zero-order chi connectivity index (χ0) is 21.5. The van der Waals surface area contributed by atoms with Crippen LogP contribution in [-0.2, 0) is 19.6 Å². The molecule has 30 heavy (non-hydrogen) atoms. The summed E-state index contributed by atoms with van der Waals surface area (Å²) in [7, 11) is -3.61. The summed E-state index contributed by atoms with van der Waals surface area (Å²) < 4.78 is 27.6. The van der Waals surface area contributed by atoms with Gasteiger partial charge in [0.2, 0.25) is 21.8 Å². The fraction of sp³-hybridized carbons (Fsp3) is 0.364. The van der Waals surface area contributed by atoms with Gasteiger partial charge in [0.1, 0.15) is 0 Å². The van der Waals surface area contributed by atoms with Gasteiger partial charge < -0.3 is 10.2 Å². The molecule has 7 nitrogen and oxygen atoms in total. The molecule has 1 fully saturated rings. The van der Waals surface area contributed by atoms with E-state index < -0.39 is 15.9 Å². The Bertz CT molecular complexity index is 1110. The number of hydrogen-bond donors (Lipinski definition) is 1. The normalized spacial score (nSPS) is 19.9. The first kappa shape index (κ1) is 20.6. The predicted molar refractivity (Wildman–Crippen MR) is 114 cm³/mol. The second-order valence-electron chi connectivity index (χ2n) is 7.89. The van der Waals surface area contributed by atoms with Gasteiger partial charge in [0, 0.05) is 38.3 Å². The quantitative estimate of drug-likeness (QED) is 0.814. The highest BCUT2D eigenvalue weighted by Crippen LogP contribution is 2.33. The van der Waals surface area contributed by atoms with E-state index in [9.17, 15) is 18.0 Å². The third-order valence-corrected chi connectivity index (χ3v) is 7.86. The number of rotatable bonds is 3. The molecule has 8 heteroatoms. The highest BCUT2D eigenvalue weighted by atomic mass is 32.2. The number of aryl methyl sites for hydroxylation is 2. The molecule has 1 saturated heterocycles. The van der Waals surface area contributed by atoms with Crippen molar-refractivity contribution in [2.45, 2.75) is 31.1 Å². The van der Waals surface area contributed by atoms with Crippen molar-refractivity contribution in [1.29, 1.82) is 0 Å². The molecule has 0 unspecified atom stereocenters. The van der Waals surface area contributed by atoms with E-state index in [2.05, 4.69) is 5.32 Å². The molecular formula is C22H25N3O4S. The van der Waals surface area contributed by atoms with Gasteiger partial charge in [-0.05, 0) is 37.1 Å². The average Bonchev–Trinajstić information content (AvgIpc) is 2.72. The van der Waals surface area contributed by atoms with Gasteiger partial charge in [-0.3, -0.25) is 9.59 Å². The number of nitrogens with zero attached hydrogens (tertiary/aromatic N) is 2. The maximum atomic E-state index is 13.2. The van der Waals surface area contributed by atoms with E-state index in [0.717, 1.165) is 16.7 Å². The van der Waals surface area contributed by atoms with Gasteiger partial charge in [-0.1, -0.05) is 35.9 Å². The minimum atomic E-state index is -3.61. The van der Waals surface area contributed by atoms with Gasteiger partial charge in [-0.15, -0.1) is 0 Å². The van der Waals surface area contributed by atoms with Crippen molar-refractivity contribution in [2.75, 3.05) is 31.5 Å². The van der Waals surface area contributed by atoms with E-state index in [1.54, 1.807) is 30.0 Å². The van der Waals surface area contributed by atoms with E-state index in [1.165, 1.54) is 4.31 Å². The maximum Gasteiger partial charge on any atom is 0.243 e. The minimum Gasteiger partial charge on any atom is -0.340 e. The minimum absolute atomic E-state index is 0.108. The van der Waals surface area contributed by atoms with Crippen molar-refractivity contribution in [3.05, 3.63) is 59.2 Å². The molecule has 0 aromatic heterocycles. The Hall–Kier alpha value is -2.71. The second-order valence-corrected chi connectivity index (χ2v) is 9.80. The summed E-state index contributed by atoms with van der Waals surface area (Å²) in [6.07, 6.45) is 0.108. The number of piperazine rings is 1. The second kappa shape index (κ2) is 7.85. The molecule has 0 bridgehead atoms. The molecule has 0 aliphatic carbocycles.